The molecule has 1 aromatic carbocycles. The summed E-state index contributed by atoms with van der Waals surface area (Å²) in [4.78, 5) is 18.1. The van der Waals surface area contributed by atoms with Gasteiger partial charge in [0.2, 0.25) is 0 Å². The predicted molar refractivity (Wildman–Crippen MR) is 92.1 cm³/mol. The molecule has 1 atom stereocenters. The smallest absolute Gasteiger partial charge is 0.335 e. The van der Waals surface area contributed by atoms with Crippen LogP contribution >= 0.6 is 11.3 Å². The molecule has 2 heterocycles. The van der Waals surface area contributed by atoms with Crippen LogP contribution in [0.15, 0.2) is 29.6 Å². The number of nitrogens with zero attached hydrogens (tertiary/aromatic N) is 2. The van der Waals surface area contributed by atoms with E-state index in [1.807, 2.05) is 12.1 Å². The molecule has 1 aromatic heterocycles. The highest BCUT2D eigenvalue weighted by molar-refractivity contribution is 7.09. The van der Waals surface area contributed by atoms with E-state index in [1.54, 1.807) is 23.5 Å². The fourth-order valence-corrected chi connectivity index (χ4v) is 3.92. The lowest BCUT2D eigenvalue weighted by molar-refractivity contribution is 0.0697. The zero-order chi connectivity index (χ0) is 16.2. The largest absolute Gasteiger partial charge is 0.478 e. The lowest BCUT2D eigenvalue weighted by atomic mass is 9.90. The first-order chi connectivity index (χ1) is 11.2. The van der Waals surface area contributed by atoms with Crippen molar-refractivity contribution in [1.29, 1.82) is 0 Å². The molecule has 0 radical (unpaired) electrons. The van der Waals surface area contributed by atoms with Gasteiger partial charge >= 0.3 is 5.97 Å². The normalized spacial score (nSPS) is 18.9. The monoisotopic (exact) mass is 330 g/mol. The van der Waals surface area contributed by atoms with Gasteiger partial charge in [-0.15, -0.1) is 11.3 Å². The summed E-state index contributed by atoms with van der Waals surface area (Å²) in [5.74, 6) is -0.382. The van der Waals surface area contributed by atoms with Gasteiger partial charge in [-0.2, -0.15) is 0 Å². The molecule has 23 heavy (non-hydrogen) atoms. The second kappa shape index (κ2) is 7.23. The molecule has 1 saturated heterocycles. The number of aryl methyl sites for hydroxylation is 1. The maximum Gasteiger partial charge on any atom is 0.335 e. The van der Waals surface area contributed by atoms with Crippen LogP contribution in [0, 0.1) is 0 Å². The third-order valence-corrected chi connectivity index (χ3v) is 5.46. The third kappa shape index (κ3) is 3.98. The number of likely N-dealkylation sites (tertiary alicyclic amines) is 1. The van der Waals surface area contributed by atoms with Gasteiger partial charge in [0.05, 0.1) is 16.3 Å². The van der Waals surface area contributed by atoms with Gasteiger partial charge in [-0.05, 0) is 49.4 Å². The Hall–Kier alpha value is -1.72. The van der Waals surface area contributed by atoms with Crippen LogP contribution in [0.2, 0.25) is 0 Å². The molecule has 0 aliphatic carbocycles. The SMILES string of the molecule is CCc1nc(CN2CCC[C@@H](c3ccc(C(=O)O)cc3)C2)cs1. The number of hydrogen-bond acceptors (Lipinski definition) is 4. The first-order valence-corrected chi connectivity index (χ1v) is 9.02. The van der Waals surface area contributed by atoms with Gasteiger partial charge in [0.25, 0.3) is 0 Å². The molecule has 0 saturated carbocycles. The van der Waals surface area contributed by atoms with Gasteiger partial charge in [0.1, 0.15) is 0 Å². The molecule has 0 spiro atoms. The Bertz CT molecular complexity index is 666. The molecule has 4 nitrogen and oxygen atoms in total. The highest BCUT2D eigenvalue weighted by atomic mass is 32.1. The predicted octanol–water partition coefficient (Wildman–Crippen LogP) is 3.78. The van der Waals surface area contributed by atoms with Crippen LogP contribution in [-0.2, 0) is 13.0 Å². The summed E-state index contributed by atoms with van der Waals surface area (Å²) in [5.41, 5.74) is 2.77. The van der Waals surface area contributed by atoms with Crippen LogP contribution in [0.5, 0.6) is 0 Å². The first kappa shape index (κ1) is 16.1. The van der Waals surface area contributed by atoms with Crippen LogP contribution in [0.3, 0.4) is 0 Å². The number of rotatable bonds is 5. The van der Waals surface area contributed by atoms with Crippen molar-refractivity contribution in [1.82, 2.24) is 9.88 Å². The van der Waals surface area contributed by atoms with Gasteiger partial charge in [-0.1, -0.05) is 19.1 Å². The summed E-state index contributed by atoms with van der Waals surface area (Å²) in [6, 6.07) is 7.36. The topological polar surface area (TPSA) is 53.4 Å². The molecular weight excluding hydrogens is 308 g/mol. The number of thiazole rings is 1. The summed E-state index contributed by atoms with van der Waals surface area (Å²) < 4.78 is 0. The Morgan fingerprint density at radius 2 is 2.17 bits per heavy atom. The molecule has 0 unspecified atom stereocenters. The number of aromatic carboxylic acids is 1. The fraction of sp³-hybridized carbons (Fsp3) is 0.444. The second-order valence-electron chi connectivity index (χ2n) is 6.09. The molecule has 1 N–H and O–H groups in total. The van der Waals surface area contributed by atoms with E-state index in [1.165, 1.54) is 29.1 Å². The van der Waals surface area contributed by atoms with Crippen LogP contribution in [0.1, 0.15) is 52.3 Å². The molecule has 3 rings (SSSR count). The van der Waals surface area contributed by atoms with E-state index >= 15 is 0 Å². The average Bonchev–Trinajstić information content (AvgIpc) is 3.03. The molecule has 122 valence electrons. The Kier molecular flexibility index (Phi) is 5.08. The van der Waals surface area contributed by atoms with Crippen LogP contribution in [-0.4, -0.2) is 34.0 Å². The van der Waals surface area contributed by atoms with Crippen molar-refractivity contribution in [3.05, 3.63) is 51.5 Å². The highest BCUT2D eigenvalue weighted by Gasteiger charge is 2.22. The third-order valence-electron chi connectivity index (χ3n) is 4.42. The number of piperidine rings is 1. The molecule has 1 fully saturated rings. The fourth-order valence-electron chi connectivity index (χ4n) is 3.18. The quantitative estimate of drug-likeness (QED) is 0.906. The van der Waals surface area contributed by atoms with Gasteiger partial charge < -0.3 is 5.11 Å². The van der Waals surface area contributed by atoms with Crippen LogP contribution in [0.4, 0.5) is 0 Å². The maximum absolute atomic E-state index is 11.0. The van der Waals surface area contributed by atoms with Gasteiger partial charge in [-0.25, -0.2) is 9.78 Å². The molecular formula is C18H22N2O2S. The summed E-state index contributed by atoms with van der Waals surface area (Å²) in [6.45, 7) is 5.19. The molecule has 5 heteroatoms. The summed E-state index contributed by atoms with van der Waals surface area (Å²) in [5, 5.41) is 12.4. The minimum atomic E-state index is -0.864. The van der Waals surface area contributed by atoms with E-state index in [2.05, 4.69) is 22.2 Å². The van der Waals surface area contributed by atoms with Gasteiger partial charge in [0.15, 0.2) is 0 Å². The Morgan fingerprint density at radius 3 is 2.83 bits per heavy atom. The van der Waals surface area contributed by atoms with Crippen molar-refractivity contribution in [2.24, 2.45) is 0 Å². The minimum absolute atomic E-state index is 0.357. The highest BCUT2D eigenvalue weighted by Crippen LogP contribution is 2.28. The minimum Gasteiger partial charge on any atom is -0.478 e. The van der Waals surface area contributed by atoms with E-state index in [9.17, 15) is 4.79 Å². The average molecular weight is 330 g/mol. The number of carboxylic acid groups (broad SMARTS) is 1. The molecule has 1 aliphatic rings. The van der Waals surface area contributed by atoms with Crippen LogP contribution < -0.4 is 0 Å². The van der Waals surface area contributed by atoms with Crippen molar-refractivity contribution >= 4 is 17.3 Å². The van der Waals surface area contributed by atoms with Crippen molar-refractivity contribution in [2.45, 2.75) is 38.6 Å². The van der Waals surface area contributed by atoms with Gasteiger partial charge in [0, 0.05) is 18.5 Å². The summed E-state index contributed by atoms with van der Waals surface area (Å²) in [7, 11) is 0. The van der Waals surface area contributed by atoms with Gasteiger partial charge in [-0.3, -0.25) is 4.90 Å². The van der Waals surface area contributed by atoms with E-state index < -0.39 is 5.97 Å². The zero-order valence-electron chi connectivity index (χ0n) is 13.4. The van der Waals surface area contributed by atoms with Crippen molar-refractivity contribution in [3.63, 3.8) is 0 Å². The van der Waals surface area contributed by atoms with E-state index in [4.69, 9.17) is 5.11 Å². The Morgan fingerprint density at radius 1 is 1.39 bits per heavy atom. The van der Waals surface area contributed by atoms with E-state index in [0.29, 0.717) is 11.5 Å². The standard InChI is InChI=1S/C18H22N2O2S/c1-2-17-19-16(12-23-17)11-20-9-3-4-15(10-20)13-5-7-14(8-6-13)18(21)22/h5-8,12,15H,2-4,9-11H2,1H3,(H,21,22)/t15-/m1/s1. The summed E-state index contributed by atoms with van der Waals surface area (Å²) >= 11 is 1.75. The lowest BCUT2D eigenvalue weighted by Crippen LogP contribution is -2.34. The van der Waals surface area contributed by atoms with Crippen molar-refractivity contribution in [3.8, 4) is 0 Å². The number of carbonyl (C=O) groups is 1. The number of carboxylic acids is 1. The van der Waals surface area contributed by atoms with Crippen molar-refractivity contribution < 1.29 is 9.90 Å². The summed E-state index contributed by atoms with van der Waals surface area (Å²) in [6.07, 6.45) is 3.35. The Balaban J connectivity index is 1.64. The maximum atomic E-state index is 11.0. The number of hydrogen-bond donors (Lipinski definition) is 1. The lowest BCUT2D eigenvalue weighted by Gasteiger charge is -2.32. The Labute approximate surface area is 140 Å². The number of aromatic nitrogens is 1. The second-order valence-corrected chi connectivity index (χ2v) is 7.03. The molecule has 0 amide bonds. The van der Waals surface area contributed by atoms with Crippen molar-refractivity contribution in [2.75, 3.05) is 13.1 Å². The molecule has 2 aromatic rings. The van der Waals surface area contributed by atoms with Crippen LogP contribution in [0.25, 0.3) is 0 Å². The first-order valence-electron chi connectivity index (χ1n) is 8.14. The van der Waals surface area contributed by atoms with E-state index in [0.717, 1.165) is 26.1 Å². The number of benzene rings is 1. The zero-order valence-corrected chi connectivity index (χ0v) is 14.2. The molecule has 1 aliphatic heterocycles. The van der Waals surface area contributed by atoms with E-state index in [-0.39, 0.29) is 0 Å². The molecule has 0 bridgehead atoms.